The number of Topliss-reactive ketones (excluding diaryl/α,β-unsaturated/α-hetero) is 1. The van der Waals surface area contributed by atoms with Crippen LogP contribution < -0.4 is 0 Å². The van der Waals surface area contributed by atoms with E-state index in [4.69, 9.17) is 11.6 Å². The topological polar surface area (TPSA) is 40.5 Å². The first-order valence-corrected chi connectivity index (χ1v) is 7.51. The standard InChI is InChI=1S/C16H24ClNO2/c1-5-11(3)9-18(6-2)10-13-7-14(17)8-15(12(4)19)16(13)20/h7-8,11,20H,5-6,9-10H2,1-4H3. The molecule has 1 N–H and O–H groups in total. The van der Waals surface area contributed by atoms with E-state index in [-0.39, 0.29) is 11.5 Å². The van der Waals surface area contributed by atoms with Crippen LogP contribution in [0, 0.1) is 5.92 Å². The molecule has 0 saturated heterocycles. The van der Waals surface area contributed by atoms with Gasteiger partial charge in [0.2, 0.25) is 0 Å². The molecule has 0 amide bonds. The Morgan fingerprint density at radius 2 is 2.05 bits per heavy atom. The molecule has 20 heavy (non-hydrogen) atoms. The molecule has 3 nitrogen and oxygen atoms in total. The van der Waals surface area contributed by atoms with E-state index in [0.717, 1.165) is 19.5 Å². The lowest BCUT2D eigenvalue weighted by molar-refractivity contribution is 0.101. The largest absolute Gasteiger partial charge is 0.507 e. The zero-order valence-electron chi connectivity index (χ0n) is 12.7. The van der Waals surface area contributed by atoms with Gasteiger partial charge in [0, 0.05) is 23.7 Å². The number of benzene rings is 1. The summed E-state index contributed by atoms with van der Waals surface area (Å²) in [6, 6.07) is 3.26. The minimum absolute atomic E-state index is 0.0597. The molecule has 0 saturated carbocycles. The molecule has 0 aromatic heterocycles. The Bertz CT molecular complexity index is 474. The summed E-state index contributed by atoms with van der Waals surface area (Å²) in [4.78, 5) is 13.8. The Hall–Kier alpha value is -1.06. The number of nitrogens with zero attached hydrogens (tertiary/aromatic N) is 1. The van der Waals surface area contributed by atoms with Crippen molar-refractivity contribution in [1.82, 2.24) is 4.90 Å². The molecule has 1 atom stereocenters. The van der Waals surface area contributed by atoms with Crippen LogP contribution in [0.4, 0.5) is 0 Å². The van der Waals surface area contributed by atoms with Crippen LogP contribution in [0.25, 0.3) is 0 Å². The van der Waals surface area contributed by atoms with Crippen LogP contribution in [0.15, 0.2) is 12.1 Å². The lowest BCUT2D eigenvalue weighted by Crippen LogP contribution is -2.28. The van der Waals surface area contributed by atoms with E-state index in [1.54, 1.807) is 6.07 Å². The maximum atomic E-state index is 11.5. The summed E-state index contributed by atoms with van der Waals surface area (Å²) in [6.45, 7) is 10.4. The molecule has 0 fully saturated rings. The molecule has 1 unspecified atom stereocenters. The van der Waals surface area contributed by atoms with E-state index < -0.39 is 0 Å². The highest BCUT2D eigenvalue weighted by Crippen LogP contribution is 2.29. The van der Waals surface area contributed by atoms with Gasteiger partial charge in [-0.1, -0.05) is 38.8 Å². The van der Waals surface area contributed by atoms with Crippen molar-refractivity contribution in [2.75, 3.05) is 13.1 Å². The van der Waals surface area contributed by atoms with E-state index in [2.05, 4.69) is 25.7 Å². The molecule has 0 aliphatic heterocycles. The normalized spacial score (nSPS) is 12.7. The van der Waals surface area contributed by atoms with Gasteiger partial charge in [0.25, 0.3) is 0 Å². The van der Waals surface area contributed by atoms with Gasteiger partial charge in [0.1, 0.15) is 5.75 Å². The average molecular weight is 298 g/mol. The first kappa shape index (κ1) is 17.0. The van der Waals surface area contributed by atoms with Gasteiger partial charge in [-0.3, -0.25) is 9.69 Å². The number of aromatic hydroxyl groups is 1. The van der Waals surface area contributed by atoms with Crippen LogP contribution in [0.5, 0.6) is 5.75 Å². The van der Waals surface area contributed by atoms with Crippen molar-refractivity contribution in [3.63, 3.8) is 0 Å². The van der Waals surface area contributed by atoms with Gasteiger partial charge in [0.05, 0.1) is 5.56 Å². The maximum absolute atomic E-state index is 11.5. The SMILES string of the molecule is CCC(C)CN(CC)Cc1cc(Cl)cc(C(C)=O)c1O. The van der Waals surface area contributed by atoms with Crippen LogP contribution in [-0.4, -0.2) is 28.9 Å². The fraction of sp³-hybridized carbons (Fsp3) is 0.562. The summed E-state index contributed by atoms with van der Waals surface area (Å²) in [6.07, 6.45) is 1.12. The van der Waals surface area contributed by atoms with E-state index in [9.17, 15) is 9.90 Å². The number of hydrogen-bond donors (Lipinski definition) is 1. The Balaban J connectivity index is 2.98. The zero-order chi connectivity index (χ0) is 15.3. The molecule has 0 spiro atoms. The number of carbonyl (C=O) groups is 1. The summed E-state index contributed by atoms with van der Waals surface area (Å²) in [7, 11) is 0. The summed E-state index contributed by atoms with van der Waals surface area (Å²) < 4.78 is 0. The van der Waals surface area contributed by atoms with Gasteiger partial charge in [-0.15, -0.1) is 0 Å². The number of rotatable bonds is 7. The molecule has 1 rings (SSSR count). The lowest BCUT2D eigenvalue weighted by Gasteiger charge is -2.24. The van der Waals surface area contributed by atoms with Crippen molar-refractivity contribution in [3.8, 4) is 5.75 Å². The minimum Gasteiger partial charge on any atom is -0.507 e. The van der Waals surface area contributed by atoms with E-state index in [1.165, 1.54) is 13.0 Å². The monoisotopic (exact) mass is 297 g/mol. The van der Waals surface area contributed by atoms with Gasteiger partial charge in [-0.05, 0) is 31.5 Å². The summed E-state index contributed by atoms with van der Waals surface area (Å²) in [5.74, 6) is 0.490. The summed E-state index contributed by atoms with van der Waals surface area (Å²) in [5.41, 5.74) is 1.01. The number of carbonyl (C=O) groups excluding carboxylic acids is 1. The average Bonchev–Trinajstić information content (AvgIpc) is 2.40. The van der Waals surface area contributed by atoms with Gasteiger partial charge < -0.3 is 5.11 Å². The highest BCUT2D eigenvalue weighted by molar-refractivity contribution is 6.31. The molecule has 1 aromatic carbocycles. The molecule has 0 aliphatic carbocycles. The molecule has 4 heteroatoms. The highest BCUT2D eigenvalue weighted by Gasteiger charge is 2.16. The van der Waals surface area contributed by atoms with Crippen LogP contribution in [-0.2, 0) is 6.54 Å². The van der Waals surface area contributed by atoms with E-state index >= 15 is 0 Å². The van der Waals surface area contributed by atoms with Gasteiger partial charge in [0.15, 0.2) is 5.78 Å². The Kier molecular flexibility index (Phi) is 6.50. The fourth-order valence-corrected chi connectivity index (χ4v) is 2.40. The lowest BCUT2D eigenvalue weighted by atomic mass is 10.0. The van der Waals surface area contributed by atoms with E-state index in [1.807, 2.05) is 0 Å². The van der Waals surface area contributed by atoms with Crippen molar-refractivity contribution in [2.24, 2.45) is 5.92 Å². The van der Waals surface area contributed by atoms with Crippen LogP contribution in [0.1, 0.15) is 50.0 Å². The number of halogens is 1. The first-order chi connectivity index (χ1) is 9.38. The van der Waals surface area contributed by atoms with Crippen molar-refractivity contribution in [1.29, 1.82) is 0 Å². The van der Waals surface area contributed by atoms with Crippen molar-refractivity contribution >= 4 is 17.4 Å². The molecule has 0 radical (unpaired) electrons. The third-order valence-electron chi connectivity index (χ3n) is 3.64. The number of hydrogen-bond acceptors (Lipinski definition) is 3. The molecule has 0 aliphatic rings. The van der Waals surface area contributed by atoms with Gasteiger partial charge in [-0.2, -0.15) is 0 Å². The third-order valence-corrected chi connectivity index (χ3v) is 3.86. The number of phenolic OH excluding ortho intramolecular Hbond substituents is 1. The molecule has 112 valence electrons. The second-order valence-corrected chi connectivity index (χ2v) is 5.79. The highest BCUT2D eigenvalue weighted by atomic mass is 35.5. The predicted molar refractivity (Wildman–Crippen MR) is 83.5 cm³/mol. The van der Waals surface area contributed by atoms with Crippen LogP contribution >= 0.6 is 11.6 Å². The van der Waals surface area contributed by atoms with Gasteiger partial charge in [-0.25, -0.2) is 0 Å². The van der Waals surface area contributed by atoms with Crippen molar-refractivity contribution < 1.29 is 9.90 Å². The maximum Gasteiger partial charge on any atom is 0.163 e. The fourth-order valence-electron chi connectivity index (χ4n) is 2.16. The van der Waals surface area contributed by atoms with Crippen LogP contribution in [0.2, 0.25) is 5.02 Å². The smallest absolute Gasteiger partial charge is 0.163 e. The summed E-state index contributed by atoms with van der Waals surface area (Å²) in [5, 5.41) is 10.7. The molecule has 0 bridgehead atoms. The van der Waals surface area contributed by atoms with Crippen molar-refractivity contribution in [3.05, 3.63) is 28.3 Å². The van der Waals surface area contributed by atoms with E-state index in [0.29, 0.717) is 28.6 Å². The molecule has 0 heterocycles. The minimum atomic E-state index is -0.170. The molecular formula is C16H24ClNO2. The predicted octanol–water partition coefficient (Wildman–Crippen LogP) is 4.12. The quantitative estimate of drug-likeness (QED) is 0.770. The Morgan fingerprint density at radius 1 is 1.40 bits per heavy atom. The van der Waals surface area contributed by atoms with Crippen molar-refractivity contribution in [2.45, 2.75) is 40.7 Å². The first-order valence-electron chi connectivity index (χ1n) is 7.13. The Morgan fingerprint density at radius 3 is 2.55 bits per heavy atom. The van der Waals surface area contributed by atoms with Gasteiger partial charge >= 0.3 is 0 Å². The van der Waals surface area contributed by atoms with Crippen LogP contribution in [0.3, 0.4) is 0 Å². The third kappa shape index (κ3) is 4.50. The number of phenols is 1. The summed E-state index contributed by atoms with van der Waals surface area (Å²) >= 11 is 6.04. The Labute approximate surface area is 126 Å². The molecule has 1 aromatic rings. The second-order valence-electron chi connectivity index (χ2n) is 5.36. The number of ketones is 1. The second kappa shape index (κ2) is 7.65. The molecular weight excluding hydrogens is 274 g/mol. The zero-order valence-corrected chi connectivity index (χ0v) is 13.5.